The number of nitrogens with zero attached hydrogens (tertiary/aromatic N) is 3. The maximum Gasteiger partial charge on any atom is 0.237 e. The van der Waals surface area contributed by atoms with Gasteiger partial charge < -0.3 is 9.88 Å². The van der Waals surface area contributed by atoms with E-state index in [2.05, 4.69) is 28.5 Å². The molecule has 8 heteroatoms. The van der Waals surface area contributed by atoms with Crippen molar-refractivity contribution in [2.75, 3.05) is 5.32 Å². The summed E-state index contributed by atoms with van der Waals surface area (Å²) in [6, 6.07) is 12.0. The van der Waals surface area contributed by atoms with Gasteiger partial charge in [-0.3, -0.25) is 4.79 Å². The number of hydrogen-bond acceptors (Lipinski definition) is 4. The SMILES string of the molecule is CCCn1c(SC(C)C(=O)Nc2ccc(F)cc2Cl)nnc1-c1cccc(C)c1. The lowest BCUT2D eigenvalue weighted by molar-refractivity contribution is -0.115. The Morgan fingerprint density at radius 2 is 2.07 bits per heavy atom. The molecular formula is C21H22ClFN4OS. The predicted molar refractivity (Wildman–Crippen MR) is 116 cm³/mol. The van der Waals surface area contributed by atoms with Gasteiger partial charge in [0.1, 0.15) is 5.82 Å². The van der Waals surface area contributed by atoms with Crippen molar-refractivity contribution in [1.82, 2.24) is 14.8 Å². The second-order valence-electron chi connectivity index (χ2n) is 6.70. The quantitative estimate of drug-likeness (QED) is 0.495. The number of benzene rings is 2. The summed E-state index contributed by atoms with van der Waals surface area (Å²) < 4.78 is 15.2. The molecule has 1 unspecified atom stereocenters. The smallest absolute Gasteiger partial charge is 0.237 e. The number of amides is 1. The first-order valence-corrected chi connectivity index (χ1v) is 10.6. The first-order valence-electron chi connectivity index (χ1n) is 9.32. The Morgan fingerprint density at radius 3 is 2.76 bits per heavy atom. The normalized spacial score (nSPS) is 12.0. The van der Waals surface area contributed by atoms with Crippen molar-refractivity contribution in [1.29, 1.82) is 0 Å². The molecule has 29 heavy (non-hydrogen) atoms. The van der Waals surface area contributed by atoms with Gasteiger partial charge >= 0.3 is 0 Å². The van der Waals surface area contributed by atoms with Gasteiger partial charge in [-0.1, -0.05) is 54.0 Å². The van der Waals surface area contributed by atoms with E-state index >= 15 is 0 Å². The Morgan fingerprint density at radius 1 is 1.28 bits per heavy atom. The number of nitrogens with one attached hydrogen (secondary N) is 1. The Kier molecular flexibility index (Phi) is 6.92. The molecule has 1 N–H and O–H groups in total. The molecule has 1 aromatic heterocycles. The summed E-state index contributed by atoms with van der Waals surface area (Å²) in [4.78, 5) is 12.6. The molecule has 0 radical (unpaired) electrons. The van der Waals surface area contributed by atoms with Crippen molar-refractivity contribution in [2.24, 2.45) is 0 Å². The molecule has 0 aliphatic carbocycles. The first-order chi connectivity index (χ1) is 13.9. The van der Waals surface area contributed by atoms with Crippen molar-refractivity contribution >= 4 is 35.0 Å². The molecule has 3 aromatic rings. The monoisotopic (exact) mass is 432 g/mol. The van der Waals surface area contributed by atoms with Gasteiger partial charge in [0.2, 0.25) is 5.91 Å². The topological polar surface area (TPSA) is 59.8 Å². The van der Waals surface area contributed by atoms with E-state index in [0.29, 0.717) is 10.8 Å². The average Bonchev–Trinajstić information content (AvgIpc) is 3.06. The third kappa shape index (κ3) is 5.16. The molecule has 1 atom stereocenters. The number of hydrogen-bond donors (Lipinski definition) is 1. The highest BCUT2D eigenvalue weighted by Crippen LogP contribution is 2.29. The highest BCUT2D eigenvalue weighted by Gasteiger charge is 2.21. The fourth-order valence-corrected chi connectivity index (χ4v) is 3.93. The molecule has 0 spiro atoms. The van der Waals surface area contributed by atoms with E-state index in [1.165, 1.54) is 30.0 Å². The number of anilines is 1. The number of aromatic nitrogens is 3. The fraction of sp³-hybridized carbons (Fsp3) is 0.286. The summed E-state index contributed by atoms with van der Waals surface area (Å²) in [6.45, 7) is 6.65. The summed E-state index contributed by atoms with van der Waals surface area (Å²) in [5.41, 5.74) is 2.51. The molecule has 1 amide bonds. The molecule has 3 rings (SSSR count). The molecule has 2 aromatic carbocycles. The van der Waals surface area contributed by atoms with Crippen molar-refractivity contribution in [3.05, 3.63) is 58.9 Å². The standard InChI is InChI=1S/C21H22ClFN4OS/c1-4-10-27-19(15-7-5-6-13(2)11-15)25-26-21(27)29-14(3)20(28)24-18-9-8-16(23)12-17(18)22/h5-9,11-12,14H,4,10H2,1-3H3,(H,24,28). The fourth-order valence-electron chi connectivity index (χ4n) is 2.84. The molecule has 5 nitrogen and oxygen atoms in total. The third-order valence-corrected chi connectivity index (χ3v) is 5.67. The van der Waals surface area contributed by atoms with E-state index in [-0.39, 0.29) is 10.9 Å². The van der Waals surface area contributed by atoms with Gasteiger partial charge in [-0.25, -0.2) is 4.39 Å². The maximum absolute atomic E-state index is 13.2. The number of carbonyl (C=O) groups excluding carboxylic acids is 1. The maximum atomic E-state index is 13.2. The van der Waals surface area contributed by atoms with Gasteiger partial charge in [0, 0.05) is 12.1 Å². The van der Waals surface area contributed by atoms with Gasteiger partial charge in [-0.2, -0.15) is 0 Å². The van der Waals surface area contributed by atoms with E-state index in [0.717, 1.165) is 29.9 Å². The van der Waals surface area contributed by atoms with Crippen LogP contribution >= 0.6 is 23.4 Å². The highest BCUT2D eigenvalue weighted by molar-refractivity contribution is 8.00. The number of halogens is 2. The molecule has 152 valence electrons. The lowest BCUT2D eigenvalue weighted by Gasteiger charge is -2.14. The number of rotatable bonds is 7. The van der Waals surface area contributed by atoms with Gasteiger partial charge in [-0.05, 0) is 44.5 Å². The molecule has 0 aliphatic heterocycles. The summed E-state index contributed by atoms with van der Waals surface area (Å²) in [5.74, 6) is 0.0886. The van der Waals surface area contributed by atoms with Gasteiger partial charge in [0.05, 0.1) is 16.0 Å². The van der Waals surface area contributed by atoms with E-state index in [1.807, 2.05) is 29.7 Å². The van der Waals surface area contributed by atoms with E-state index < -0.39 is 11.1 Å². The summed E-state index contributed by atoms with van der Waals surface area (Å²) >= 11 is 7.33. The van der Waals surface area contributed by atoms with Crippen LogP contribution in [0.25, 0.3) is 11.4 Å². The largest absolute Gasteiger partial charge is 0.324 e. The lowest BCUT2D eigenvalue weighted by Crippen LogP contribution is -2.23. The minimum atomic E-state index is -0.452. The van der Waals surface area contributed by atoms with Crippen molar-refractivity contribution in [3.8, 4) is 11.4 Å². The molecular weight excluding hydrogens is 411 g/mol. The number of thioether (sulfide) groups is 1. The van der Waals surface area contributed by atoms with Crippen LogP contribution in [0.1, 0.15) is 25.8 Å². The molecule has 0 saturated heterocycles. The molecule has 0 saturated carbocycles. The second kappa shape index (κ2) is 9.41. The Balaban J connectivity index is 1.79. The van der Waals surface area contributed by atoms with Crippen LogP contribution in [0.15, 0.2) is 47.6 Å². The molecule has 1 heterocycles. The second-order valence-corrected chi connectivity index (χ2v) is 8.42. The van der Waals surface area contributed by atoms with Crippen LogP contribution in [-0.4, -0.2) is 25.9 Å². The number of aryl methyl sites for hydroxylation is 1. The van der Waals surface area contributed by atoms with Crippen LogP contribution in [0, 0.1) is 12.7 Å². The Labute approximate surface area is 178 Å². The van der Waals surface area contributed by atoms with Crippen LogP contribution in [0.2, 0.25) is 5.02 Å². The summed E-state index contributed by atoms with van der Waals surface area (Å²) in [7, 11) is 0. The molecule has 0 aliphatic rings. The minimum Gasteiger partial charge on any atom is -0.324 e. The van der Waals surface area contributed by atoms with Crippen LogP contribution in [0.4, 0.5) is 10.1 Å². The summed E-state index contributed by atoms with van der Waals surface area (Å²) in [5, 5.41) is 11.8. The average molecular weight is 433 g/mol. The highest BCUT2D eigenvalue weighted by atomic mass is 35.5. The number of carbonyl (C=O) groups is 1. The predicted octanol–water partition coefficient (Wildman–Crippen LogP) is 5.58. The first kappa shape index (κ1) is 21.3. The Bertz CT molecular complexity index is 1020. The van der Waals surface area contributed by atoms with Crippen molar-refractivity contribution < 1.29 is 9.18 Å². The third-order valence-electron chi connectivity index (χ3n) is 4.28. The van der Waals surface area contributed by atoms with E-state index in [1.54, 1.807) is 6.92 Å². The van der Waals surface area contributed by atoms with Crippen LogP contribution in [0.5, 0.6) is 0 Å². The van der Waals surface area contributed by atoms with Crippen LogP contribution in [0.3, 0.4) is 0 Å². The molecule has 0 bridgehead atoms. The lowest BCUT2D eigenvalue weighted by atomic mass is 10.1. The zero-order valence-corrected chi connectivity index (χ0v) is 18.0. The van der Waals surface area contributed by atoms with E-state index in [4.69, 9.17) is 11.6 Å². The van der Waals surface area contributed by atoms with Gasteiger partial charge in [0.15, 0.2) is 11.0 Å². The van der Waals surface area contributed by atoms with Gasteiger partial charge in [-0.15, -0.1) is 10.2 Å². The minimum absolute atomic E-state index is 0.159. The molecule has 0 fully saturated rings. The summed E-state index contributed by atoms with van der Waals surface area (Å²) in [6.07, 6.45) is 0.913. The van der Waals surface area contributed by atoms with Crippen LogP contribution < -0.4 is 5.32 Å². The van der Waals surface area contributed by atoms with Gasteiger partial charge in [0.25, 0.3) is 0 Å². The van der Waals surface area contributed by atoms with Crippen molar-refractivity contribution in [3.63, 3.8) is 0 Å². The zero-order valence-electron chi connectivity index (χ0n) is 16.4. The Hall–Kier alpha value is -2.38. The van der Waals surface area contributed by atoms with Crippen LogP contribution in [-0.2, 0) is 11.3 Å². The van der Waals surface area contributed by atoms with Crippen molar-refractivity contribution in [2.45, 2.75) is 44.1 Å². The zero-order chi connectivity index (χ0) is 21.0. The van der Waals surface area contributed by atoms with E-state index in [9.17, 15) is 9.18 Å².